The highest BCUT2D eigenvalue weighted by Gasteiger charge is 2.22. The molecule has 0 atom stereocenters. The molecule has 0 fully saturated rings. The van der Waals surface area contributed by atoms with E-state index in [4.69, 9.17) is 0 Å². The first kappa shape index (κ1) is 20.9. The van der Waals surface area contributed by atoms with E-state index in [1.54, 1.807) is 12.1 Å². The maximum Gasteiger partial charge on any atom is 0.246 e. The van der Waals surface area contributed by atoms with Crippen LogP contribution in [0.5, 0.6) is 0 Å². The van der Waals surface area contributed by atoms with Gasteiger partial charge in [0.1, 0.15) is 11.6 Å². The largest absolute Gasteiger partial charge is 0.299 e. The number of rotatable bonds is 6. The van der Waals surface area contributed by atoms with E-state index < -0.39 is 15.9 Å². The summed E-state index contributed by atoms with van der Waals surface area (Å²) in [7, 11) is -3.64. The van der Waals surface area contributed by atoms with E-state index in [1.807, 2.05) is 51.1 Å². The zero-order chi connectivity index (χ0) is 21.2. The predicted octanol–water partition coefficient (Wildman–Crippen LogP) is 3.54. The summed E-state index contributed by atoms with van der Waals surface area (Å²) in [4.78, 5) is 12.5. The van der Waals surface area contributed by atoms with Gasteiger partial charge < -0.3 is 0 Å². The van der Waals surface area contributed by atoms with Crippen LogP contribution in [-0.4, -0.2) is 37.3 Å². The second-order valence-electron chi connectivity index (χ2n) is 6.86. The molecule has 0 radical (unpaired) electrons. The van der Waals surface area contributed by atoms with Gasteiger partial charge in [0.05, 0.1) is 11.9 Å². The fraction of sp³-hybridized carbons (Fsp3) is 0.250. The second kappa shape index (κ2) is 8.30. The van der Waals surface area contributed by atoms with Crippen molar-refractivity contribution >= 4 is 38.1 Å². The van der Waals surface area contributed by atoms with Crippen LogP contribution in [-0.2, 0) is 14.8 Å². The minimum absolute atomic E-state index is 0.319. The van der Waals surface area contributed by atoms with Gasteiger partial charge in [0.2, 0.25) is 21.1 Å². The van der Waals surface area contributed by atoms with Crippen LogP contribution in [0.4, 0.5) is 10.8 Å². The Morgan fingerprint density at radius 1 is 1.03 bits per heavy atom. The number of carbonyl (C=O) groups excluding carboxylic acids is 1. The smallest absolute Gasteiger partial charge is 0.246 e. The van der Waals surface area contributed by atoms with Crippen molar-refractivity contribution in [3.05, 3.63) is 59.2 Å². The molecule has 1 amide bonds. The maximum absolute atomic E-state index is 12.5. The number of amides is 1. The summed E-state index contributed by atoms with van der Waals surface area (Å²) in [6, 6.07) is 13.1. The van der Waals surface area contributed by atoms with Gasteiger partial charge >= 0.3 is 0 Å². The third-order valence-electron chi connectivity index (χ3n) is 4.44. The molecule has 3 rings (SSSR count). The van der Waals surface area contributed by atoms with Gasteiger partial charge in [-0.15, -0.1) is 10.2 Å². The molecule has 7 nitrogen and oxygen atoms in total. The van der Waals surface area contributed by atoms with Crippen LogP contribution in [0.1, 0.15) is 16.7 Å². The summed E-state index contributed by atoms with van der Waals surface area (Å²) in [6.07, 6.45) is 1.08. The highest BCUT2D eigenvalue weighted by atomic mass is 32.2. The first-order valence-corrected chi connectivity index (χ1v) is 11.6. The monoisotopic (exact) mass is 430 g/mol. The van der Waals surface area contributed by atoms with Crippen LogP contribution >= 0.6 is 11.3 Å². The van der Waals surface area contributed by atoms with E-state index in [9.17, 15) is 13.2 Å². The van der Waals surface area contributed by atoms with Crippen molar-refractivity contribution in [2.45, 2.75) is 20.8 Å². The molecule has 0 aliphatic heterocycles. The first-order chi connectivity index (χ1) is 13.6. The standard InChI is InChI=1S/C20H22N4O3S2/c1-13-5-8-16(9-6-13)19-22-23-20(28-19)21-18(25)12-24(29(4,26)27)17-10-7-14(2)15(3)11-17/h5-11H,12H2,1-4H3,(H,21,23,25). The summed E-state index contributed by atoms with van der Waals surface area (Å²) >= 11 is 1.23. The molecule has 0 unspecified atom stereocenters. The normalized spacial score (nSPS) is 11.3. The van der Waals surface area contributed by atoms with Crippen LogP contribution in [0.25, 0.3) is 10.6 Å². The van der Waals surface area contributed by atoms with Gasteiger partial charge in [0.25, 0.3) is 0 Å². The number of hydrogen-bond acceptors (Lipinski definition) is 6. The average Bonchev–Trinajstić information content (AvgIpc) is 3.10. The predicted molar refractivity (Wildman–Crippen MR) is 117 cm³/mol. The lowest BCUT2D eigenvalue weighted by molar-refractivity contribution is -0.114. The van der Waals surface area contributed by atoms with Crippen molar-refractivity contribution in [3.63, 3.8) is 0 Å². The van der Waals surface area contributed by atoms with Gasteiger partial charge in [0, 0.05) is 5.56 Å². The summed E-state index contributed by atoms with van der Waals surface area (Å²) in [5.74, 6) is -0.486. The Kier molecular flexibility index (Phi) is 5.99. The van der Waals surface area contributed by atoms with Crippen molar-refractivity contribution in [2.75, 3.05) is 22.4 Å². The molecule has 2 aromatic carbocycles. The second-order valence-corrected chi connectivity index (χ2v) is 9.75. The molecule has 1 heterocycles. The van der Waals surface area contributed by atoms with Crippen LogP contribution < -0.4 is 9.62 Å². The number of anilines is 2. The molecule has 0 saturated heterocycles. The van der Waals surface area contributed by atoms with Crippen LogP contribution in [0.2, 0.25) is 0 Å². The number of nitrogens with zero attached hydrogens (tertiary/aromatic N) is 3. The average molecular weight is 431 g/mol. The van der Waals surface area contributed by atoms with Crippen molar-refractivity contribution in [1.82, 2.24) is 10.2 Å². The molecule has 0 bridgehead atoms. The van der Waals surface area contributed by atoms with Gasteiger partial charge in [-0.2, -0.15) is 0 Å². The van der Waals surface area contributed by atoms with Crippen molar-refractivity contribution in [1.29, 1.82) is 0 Å². The van der Waals surface area contributed by atoms with E-state index in [2.05, 4.69) is 15.5 Å². The number of benzene rings is 2. The number of hydrogen-bond donors (Lipinski definition) is 1. The molecule has 9 heteroatoms. The molecular formula is C20H22N4O3S2. The molecule has 1 aromatic heterocycles. The molecule has 1 N–H and O–H groups in total. The summed E-state index contributed by atoms with van der Waals surface area (Å²) in [6.45, 7) is 5.49. The zero-order valence-electron chi connectivity index (χ0n) is 16.6. The topological polar surface area (TPSA) is 92.3 Å². The Bertz CT molecular complexity index is 1140. The highest BCUT2D eigenvalue weighted by molar-refractivity contribution is 7.92. The van der Waals surface area contributed by atoms with Crippen molar-refractivity contribution in [3.8, 4) is 10.6 Å². The van der Waals surface area contributed by atoms with Gasteiger partial charge in [-0.05, 0) is 44.0 Å². The lowest BCUT2D eigenvalue weighted by Crippen LogP contribution is -2.37. The Morgan fingerprint density at radius 2 is 1.72 bits per heavy atom. The SMILES string of the molecule is Cc1ccc(-c2nnc(NC(=O)CN(c3ccc(C)c(C)c3)S(C)(=O)=O)s2)cc1. The Hall–Kier alpha value is -2.78. The van der Waals surface area contributed by atoms with E-state index >= 15 is 0 Å². The molecular weight excluding hydrogens is 408 g/mol. The molecule has 0 saturated carbocycles. The first-order valence-electron chi connectivity index (χ1n) is 8.89. The van der Waals surface area contributed by atoms with Gasteiger partial charge in [0.15, 0.2) is 0 Å². The van der Waals surface area contributed by atoms with Crippen molar-refractivity contribution in [2.24, 2.45) is 0 Å². The lowest BCUT2D eigenvalue weighted by atomic mass is 10.1. The van der Waals surface area contributed by atoms with Gasteiger partial charge in [-0.3, -0.25) is 14.4 Å². The van der Waals surface area contributed by atoms with Crippen LogP contribution in [0.15, 0.2) is 42.5 Å². The number of nitrogens with one attached hydrogen (secondary N) is 1. The minimum Gasteiger partial charge on any atom is -0.299 e. The number of carbonyl (C=O) groups is 1. The van der Waals surface area contributed by atoms with E-state index in [-0.39, 0.29) is 6.54 Å². The summed E-state index contributed by atoms with van der Waals surface area (Å²) in [5.41, 5.74) is 4.48. The number of sulfonamides is 1. The minimum atomic E-state index is -3.64. The van der Waals surface area contributed by atoms with E-state index in [0.29, 0.717) is 15.8 Å². The molecule has 152 valence electrons. The molecule has 3 aromatic rings. The third kappa shape index (κ3) is 5.18. The van der Waals surface area contributed by atoms with E-state index in [0.717, 1.165) is 32.8 Å². The fourth-order valence-electron chi connectivity index (χ4n) is 2.66. The van der Waals surface area contributed by atoms with Crippen LogP contribution in [0.3, 0.4) is 0 Å². The van der Waals surface area contributed by atoms with Crippen molar-refractivity contribution < 1.29 is 13.2 Å². The molecule has 0 aliphatic carbocycles. The lowest BCUT2D eigenvalue weighted by Gasteiger charge is -2.22. The molecule has 29 heavy (non-hydrogen) atoms. The quantitative estimate of drug-likeness (QED) is 0.646. The Labute approximate surface area is 174 Å². The highest BCUT2D eigenvalue weighted by Crippen LogP contribution is 2.27. The van der Waals surface area contributed by atoms with Gasteiger partial charge in [-0.1, -0.05) is 47.2 Å². The molecule has 0 spiro atoms. The molecule has 0 aliphatic rings. The van der Waals surface area contributed by atoms with E-state index in [1.165, 1.54) is 11.3 Å². The van der Waals surface area contributed by atoms with Crippen LogP contribution in [0, 0.1) is 20.8 Å². The zero-order valence-corrected chi connectivity index (χ0v) is 18.3. The number of aromatic nitrogens is 2. The maximum atomic E-state index is 12.5. The van der Waals surface area contributed by atoms with Gasteiger partial charge in [-0.25, -0.2) is 8.42 Å². The summed E-state index contributed by atoms with van der Waals surface area (Å²) < 4.78 is 25.6. The third-order valence-corrected chi connectivity index (χ3v) is 6.46. The number of aryl methyl sites for hydroxylation is 3. The Balaban J connectivity index is 1.75. The fourth-order valence-corrected chi connectivity index (χ4v) is 4.27. The summed E-state index contributed by atoms with van der Waals surface area (Å²) in [5, 5.41) is 11.7. The Morgan fingerprint density at radius 3 is 2.34 bits per heavy atom.